The second kappa shape index (κ2) is 4.63. The number of rotatable bonds is 4. The number of aliphatic hydroxyl groups is 2. The zero-order valence-electron chi connectivity index (χ0n) is 6.65. The van der Waals surface area contributed by atoms with Crippen molar-refractivity contribution in [1.82, 2.24) is 0 Å². The molecule has 1 amide bonds. The normalized spacial score (nSPS) is 14.1. The number of primary amides is 1. The molecule has 5 heteroatoms. The molecule has 0 aliphatic rings. The van der Waals surface area contributed by atoms with Gasteiger partial charge in [0.25, 0.3) is 0 Å². The molecule has 4 N–H and O–H groups in total. The van der Waals surface area contributed by atoms with Crippen LogP contribution in [-0.4, -0.2) is 34.6 Å². The van der Waals surface area contributed by atoms with Crippen LogP contribution in [0.15, 0.2) is 11.6 Å². The molecule has 12 heavy (non-hydrogen) atoms. The molecule has 0 aromatic heterocycles. The lowest BCUT2D eigenvalue weighted by Crippen LogP contribution is -2.23. The van der Waals surface area contributed by atoms with Crippen molar-refractivity contribution in [3.63, 3.8) is 0 Å². The molecular formula is C7H11NO4. The molecule has 0 radical (unpaired) electrons. The minimum absolute atomic E-state index is 0.0486. The van der Waals surface area contributed by atoms with Gasteiger partial charge < -0.3 is 15.9 Å². The Kier molecular flexibility index (Phi) is 4.17. The molecule has 0 saturated carbocycles. The summed E-state index contributed by atoms with van der Waals surface area (Å²) in [5.41, 5.74) is 4.87. The number of carbonyl (C=O) groups excluding carboxylic acids is 2. The molecule has 0 rings (SSSR count). The van der Waals surface area contributed by atoms with Gasteiger partial charge in [0, 0.05) is 5.57 Å². The molecule has 1 atom stereocenters. The van der Waals surface area contributed by atoms with Crippen molar-refractivity contribution in [3.05, 3.63) is 11.6 Å². The van der Waals surface area contributed by atoms with Gasteiger partial charge >= 0.3 is 0 Å². The highest BCUT2D eigenvalue weighted by molar-refractivity contribution is 6.02. The van der Waals surface area contributed by atoms with Crippen LogP contribution in [-0.2, 0) is 9.59 Å². The van der Waals surface area contributed by atoms with Crippen molar-refractivity contribution >= 4 is 11.7 Å². The van der Waals surface area contributed by atoms with Crippen LogP contribution in [0.4, 0.5) is 0 Å². The molecule has 0 fully saturated rings. The fourth-order valence-corrected chi connectivity index (χ4v) is 0.471. The first-order valence-electron chi connectivity index (χ1n) is 3.30. The van der Waals surface area contributed by atoms with Crippen LogP contribution in [0.25, 0.3) is 0 Å². The van der Waals surface area contributed by atoms with Gasteiger partial charge in [-0.2, -0.15) is 0 Å². The second-order valence-corrected chi connectivity index (χ2v) is 2.29. The molecule has 68 valence electrons. The number of amides is 1. The number of nitrogens with two attached hydrogens (primary N) is 1. The summed E-state index contributed by atoms with van der Waals surface area (Å²) < 4.78 is 0. The summed E-state index contributed by atoms with van der Waals surface area (Å²) in [4.78, 5) is 21.2. The predicted octanol–water partition coefficient (Wildman–Crippen LogP) is -1.66. The van der Waals surface area contributed by atoms with E-state index >= 15 is 0 Å². The maximum atomic E-state index is 10.8. The molecule has 0 spiro atoms. The van der Waals surface area contributed by atoms with Crippen LogP contribution in [0, 0.1) is 0 Å². The third-order valence-electron chi connectivity index (χ3n) is 1.25. The minimum Gasteiger partial charge on any atom is -0.393 e. The lowest BCUT2D eigenvalue weighted by Gasteiger charge is -2.01. The monoisotopic (exact) mass is 173 g/mol. The Labute approximate surface area is 69.5 Å². The third kappa shape index (κ3) is 3.27. The molecular weight excluding hydrogens is 162 g/mol. The van der Waals surface area contributed by atoms with Crippen molar-refractivity contribution in [2.75, 3.05) is 6.61 Å². The summed E-state index contributed by atoms with van der Waals surface area (Å²) in [6, 6.07) is 0. The first kappa shape index (κ1) is 10.8. The van der Waals surface area contributed by atoms with E-state index in [0.717, 1.165) is 6.08 Å². The van der Waals surface area contributed by atoms with Gasteiger partial charge in [-0.25, -0.2) is 0 Å². The molecule has 0 aliphatic heterocycles. The van der Waals surface area contributed by atoms with Gasteiger partial charge in [0.05, 0.1) is 6.61 Å². The van der Waals surface area contributed by atoms with Gasteiger partial charge in [0.15, 0.2) is 5.78 Å². The van der Waals surface area contributed by atoms with Gasteiger partial charge in [0.2, 0.25) is 5.91 Å². The summed E-state index contributed by atoms with van der Waals surface area (Å²) >= 11 is 0. The van der Waals surface area contributed by atoms with Gasteiger partial charge in [0.1, 0.15) is 6.10 Å². The molecule has 0 aromatic rings. The Hall–Kier alpha value is -1.20. The molecule has 0 saturated heterocycles. The van der Waals surface area contributed by atoms with Gasteiger partial charge in [-0.15, -0.1) is 0 Å². The maximum Gasteiger partial charge on any atom is 0.244 e. The van der Waals surface area contributed by atoms with E-state index in [1.165, 1.54) is 6.92 Å². The van der Waals surface area contributed by atoms with Gasteiger partial charge in [-0.3, -0.25) is 9.59 Å². The highest BCUT2D eigenvalue weighted by Crippen LogP contribution is 1.94. The number of ketones is 1. The highest BCUT2D eigenvalue weighted by Gasteiger charge is 2.11. The Bertz CT molecular complexity index is 221. The summed E-state index contributed by atoms with van der Waals surface area (Å²) in [7, 11) is 0. The number of aliphatic hydroxyl groups excluding tert-OH is 2. The van der Waals surface area contributed by atoms with Crippen LogP contribution in [0.1, 0.15) is 6.92 Å². The lowest BCUT2D eigenvalue weighted by molar-refractivity contribution is -0.124. The van der Waals surface area contributed by atoms with Crippen molar-refractivity contribution < 1.29 is 19.8 Å². The summed E-state index contributed by atoms with van der Waals surface area (Å²) in [5.74, 6) is -1.46. The Morgan fingerprint density at radius 1 is 1.58 bits per heavy atom. The lowest BCUT2D eigenvalue weighted by atomic mass is 10.1. The van der Waals surface area contributed by atoms with E-state index in [0.29, 0.717) is 0 Å². The van der Waals surface area contributed by atoms with E-state index in [4.69, 9.17) is 15.9 Å². The number of hydrogen-bond donors (Lipinski definition) is 3. The van der Waals surface area contributed by atoms with E-state index in [9.17, 15) is 9.59 Å². The van der Waals surface area contributed by atoms with Crippen molar-refractivity contribution in [2.24, 2.45) is 5.73 Å². The summed E-state index contributed by atoms with van der Waals surface area (Å²) in [5, 5.41) is 17.1. The predicted molar refractivity (Wildman–Crippen MR) is 41.1 cm³/mol. The number of hydrogen-bond acceptors (Lipinski definition) is 4. The average Bonchev–Trinajstić information content (AvgIpc) is 2.02. The van der Waals surface area contributed by atoms with Crippen molar-refractivity contribution in [1.29, 1.82) is 0 Å². The molecule has 0 aliphatic carbocycles. The molecule has 1 unspecified atom stereocenters. The summed E-state index contributed by atoms with van der Waals surface area (Å²) in [6.07, 6.45) is -0.567. The van der Waals surface area contributed by atoms with Crippen molar-refractivity contribution in [2.45, 2.75) is 13.0 Å². The third-order valence-corrected chi connectivity index (χ3v) is 1.25. The van der Waals surface area contributed by atoms with Gasteiger partial charge in [-0.1, -0.05) is 0 Å². The number of carbonyl (C=O) groups is 2. The van der Waals surface area contributed by atoms with Crippen LogP contribution in [0.5, 0.6) is 0 Å². The molecule has 5 nitrogen and oxygen atoms in total. The maximum absolute atomic E-state index is 10.8. The Morgan fingerprint density at radius 2 is 2.08 bits per heavy atom. The standard InChI is InChI=1S/C7H11NO4/c1-4(7(8)12)2-5(10)6(11)3-9/h2,6,9,11H,3H2,1H3,(H2,8,12). The summed E-state index contributed by atoms with van der Waals surface area (Å²) in [6.45, 7) is 0.686. The van der Waals surface area contributed by atoms with E-state index in [1.807, 2.05) is 0 Å². The largest absolute Gasteiger partial charge is 0.393 e. The smallest absolute Gasteiger partial charge is 0.244 e. The van der Waals surface area contributed by atoms with E-state index in [-0.39, 0.29) is 5.57 Å². The average molecular weight is 173 g/mol. The fourth-order valence-electron chi connectivity index (χ4n) is 0.471. The van der Waals surface area contributed by atoms with Crippen molar-refractivity contribution in [3.8, 4) is 0 Å². The van der Waals surface area contributed by atoms with E-state index < -0.39 is 24.4 Å². The first-order chi connectivity index (χ1) is 5.49. The second-order valence-electron chi connectivity index (χ2n) is 2.29. The Morgan fingerprint density at radius 3 is 2.42 bits per heavy atom. The molecule has 0 aromatic carbocycles. The Balaban J connectivity index is 4.34. The topological polar surface area (TPSA) is 101 Å². The van der Waals surface area contributed by atoms with Gasteiger partial charge in [-0.05, 0) is 13.0 Å². The minimum atomic E-state index is -1.47. The fraction of sp³-hybridized carbons (Fsp3) is 0.429. The van der Waals surface area contributed by atoms with Crippen LogP contribution in [0.2, 0.25) is 0 Å². The van der Waals surface area contributed by atoms with Crippen LogP contribution < -0.4 is 5.73 Å². The first-order valence-corrected chi connectivity index (χ1v) is 3.30. The van der Waals surface area contributed by atoms with E-state index in [2.05, 4.69) is 0 Å². The van der Waals surface area contributed by atoms with Crippen LogP contribution >= 0.6 is 0 Å². The molecule has 0 heterocycles. The SMILES string of the molecule is CC(=CC(=O)C(O)CO)C(N)=O. The molecule has 0 bridgehead atoms. The van der Waals surface area contributed by atoms with E-state index in [1.54, 1.807) is 0 Å². The highest BCUT2D eigenvalue weighted by atomic mass is 16.3. The zero-order valence-corrected chi connectivity index (χ0v) is 6.65. The zero-order chi connectivity index (χ0) is 9.72. The quantitative estimate of drug-likeness (QED) is 0.443. The van der Waals surface area contributed by atoms with Crippen LogP contribution in [0.3, 0.4) is 0 Å².